The third-order valence-electron chi connectivity index (χ3n) is 5.48. The van der Waals surface area contributed by atoms with Crippen LogP contribution in [0.1, 0.15) is 35.2 Å². The van der Waals surface area contributed by atoms with E-state index in [9.17, 15) is 9.18 Å². The number of halogens is 1. The minimum atomic E-state index is -0.347. The van der Waals surface area contributed by atoms with Gasteiger partial charge >= 0.3 is 0 Å². The van der Waals surface area contributed by atoms with Gasteiger partial charge in [0.1, 0.15) is 12.4 Å². The number of likely N-dealkylation sites (tertiary alicyclic amines) is 1. The first-order valence-corrected chi connectivity index (χ1v) is 9.80. The van der Waals surface area contributed by atoms with Crippen molar-refractivity contribution >= 4 is 11.6 Å². The number of hydrogen-bond donors (Lipinski definition) is 0. The van der Waals surface area contributed by atoms with Crippen LogP contribution in [0.25, 0.3) is 0 Å². The second-order valence-electron chi connectivity index (χ2n) is 7.24. The van der Waals surface area contributed by atoms with Gasteiger partial charge in [-0.15, -0.1) is 0 Å². The summed E-state index contributed by atoms with van der Waals surface area (Å²) in [6.07, 6.45) is 3.79. The molecule has 2 aromatic carbocycles. The first-order valence-electron chi connectivity index (χ1n) is 9.80. The second kappa shape index (κ2) is 8.19. The van der Waals surface area contributed by atoms with Crippen LogP contribution in [0.4, 0.5) is 10.1 Å². The first-order chi connectivity index (χ1) is 13.7. The van der Waals surface area contributed by atoms with E-state index in [4.69, 9.17) is 9.47 Å². The summed E-state index contributed by atoms with van der Waals surface area (Å²) in [5.41, 5.74) is 1.54. The summed E-state index contributed by atoms with van der Waals surface area (Å²) in [4.78, 5) is 16.7. The van der Waals surface area contributed by atoms with Gasteiger partial charge in [0.05, 0.1) is 13.7 Å². The van der Waals surface area contributed by atoms with Crippen molar-refractivity contribution in [1.82, 2.24) is 4.90 Å². The molecule has 2 aromatic rings. The predicted molar refractivity (Wildman–Crippen MR) is 106 cm³/mol. The van der Waals surface area contributed by atoms with E-state index >= 15 is 0 Å². The lowest BCUT2D eigenvalue weighted by Crippen LogP contribution is -2.33. The molecule has 2 aliphatic heterocycles. The van der Waals surface area contributed by atoms with Crippen molar-refractivity contribution in [1.29, 1.82) is 0 Å². The highest BCUT2D eigenvalue weighted by molar-refractivity contribution is 6.10. The van der Waals surface area contributed by atoms with Gasteiger partial charge in [0.2, 0.25) is 0 Å². The van der Waals surface area contributed by atoms with E-state index in [2.05, 4.69) is 4.90 Å². The van der Waals surface area contributed by atoms with E-state index in [1.54, 1.807) is 42.3 Å². The molecule has 1 fully saturated rings. The maximum absolute atomic E-state index is 14.1. The van der Waals surface area contributed by atoms with Crippen molar-refractivity contribution in [3.05, 3.63) is 53.3 Å². The van der Waals surface area contributed by atoms with Gasteiger partial charge < -0.3 is 14.4 Å². The molecule has 5 nitrogen and oxygen atoms in total. The molecular weight excluding hydrogens is 359 g/mol. The second-order valence-corrected chi connectivity index (χ2v) is 7.24. The van der Waals surface area contributed by atoms with E-state index in [0.29, 0.717) is 34.9 Å². The number of carbonyl (C=O) groups is 1. The number of rotatable bonds is 6. The minimum absolute atomic E-state index is 0.195. The molecule has 0 spiro atoms. The highest BCUT2D eigenvalue weighted by atomic mass is 19.1. The van der Waals surface area contributed by atoms with Crippen LogP contribution in [-0.4, -0.2) is 44.2 Å². The molecule has 0 aliphatic carbocycles. The van der Waals surface area contributed by atoms with Crippen LogP contribution in [0.2, 0.25) is 0 Å². The van der Waals surface area contributed by atoms with Gasteiger partial charge in [0.15, 0.2) is 11.5 Å². The molecule has 28 heavy (non-hydrogen) atoms. The zero-order valence-electron chi connectivity index (χ0n) is 16.1. The average molecular weight is 384 g/mol. The molecule has 0 radical (unpaired) electrons. The van der Waals surface area contributed by atoms with E-state index in [1.807, 2.05) is 0 Å². The number of methoxy groups -OCH3 is 1. The van der Waals surface area contributed by atoms with Crippen LogP contribution in [0.3, 0.4) is 0 Å². The summed E-state index contributed by atoms with van der Waals surface area (Å²) in [6.45, 7) is 3.88. The van der Waals surface area contributed by atoms with Crippen molar-refractivity contribution in [2.75, 3.05) is 38.3 Å². The zero-order valence-corrected chi connectivity index (χ0v) is 16.1. The van der Waals surface area contributed by atoms with Crippen molar-refractivity contribution in [3.63, 3.8) is 0 Å². The third-order valence-corrected chi connectivity index (χ3v) is 5.48. The Labute approximate surface area is 164 Å². The topological polar surface area (TPSA) is 42.0 Å². The average Bonchev–Trinajstić information content (AvgIpc) is 3.07. The summed E-state index contributed by atoms with van der Waals surface area (Å²) in [7, 11) is 1.60. The molecule has 148 valence electrons. The number of fused-ring (bicyclic) bond motifs is 1. The molecule has 0 bridgehead atoms. The Kier molecular flexibility index (Phi) is 5.48. The number of nitrogens with zero attached hydrogens (tertiary/aromatic N) is 2. The van der Waals surface area contributed by atoms with Crippen LogP contribution >= 0.6 is 0 Å². The van der Waals surface area contributed by atoms with Gasteiger partial charge in [-0.1, -0.05) is 12.5 Å². The molecule has 2 aliphatic rings. The van der Waals surface area contributed by atoms with E-state index in [-0.39, 0.29) is 18.3 Å². The molecule has 6 heteroatoms. The van der Waals surface area contributed by atoms with Crippen LogP contribution in [-0.2, 0) is 6.54 Å². The fourth-order valence-electron chi connectivity index (χ4n) is 3.92. The number of piperidine rings is 1. The lowest BCUT2D eigenvalue weighted by molar-refractivity contribution is 0.0996. The van der Waals surface area contributed by atoms with Gasteiger partial charge in [-0.3, -0.25) is 9.69 Å². The summed E-state index contributed by atoms with van der Waals surface area (Å²) in [6, 6.07) is 10.0. The lowest BCUT2D eigenvalue weighted by Gasteiger charge is -2.26. The Morgan fingerprint density at radius 1 is 1.07 bits per heavy atom. The first kappa shape index (κ1) is 18.7. The summed E-state index contributed by atoms with van der Waals surface area (Å²) < 4.78 is 25.5. The SMILES string of the molecule is COc1ccc(N2Cc3c(F)cccc3C2=O)cc1OCCN1CCCCC1. The van der Waals surface area contributed by atoms with Crippen LogP contribution in [0, 0.1) is 5.82 Å². The quantitative estimate of drug-likeness (QED) is 0.759. The normalized spacial score (nSPS) is 16.9. The van der Waals surface area contributed by atoms with Crippen molar-refractivity contribution in [2.45, 2.75) is 25.8 Å². The highest BCUT2D eigenvalue weighted by Gasteiger charge is 2.31. The van der Waals surface area contributed by atoms with Crippen molar-refractivity contribution in [2.24, 2.45) is 0 Å². The van der Waals surface area contributed by atoms with Gasteiger partial charge in [-0.05, 0) is 50.2 Å². The molecule has 1 amide bonds. The van der Waals surface area contributed by atoms with Crippen LogP contribution in [0.15, 0.2) is 36.4 Å². The van der Waals surface area contributed by atoms with Crippen LogP contribution in [0.5, 0.6) is 11.5 Å². The fraction of sp³-hybridized carbons (Fsp3) is 0.409. The molecule has 1 saturated heterocycles. The minimum Gasteiger partial charge on any atom is -0.493 e. The fourth-order valence-corrected chi connectivity index (χ4v) is 3.92. The number of benzene rings is 2. The number of ether oxygens (including phenoxy) is 2. The molecular formula is C22H25FN2O3. The van der Waals surface area contributed by atoms with Crippen molar-refractivity contribution in [3.8, 4) is 11.5 Å². The number of anilines is 1. The van der Waals surface area contributed by atoms with Gasteiger partial charge in [-0.25, -0.2) is 4.39 Å². The molecule has 0 N–H and O–H groups in total. The summed E-state index contributed by atoms with van der Waals surface area (Å²) >= 11 is 0. The number of amides is 1. The highest BCUT2D eigenvalue weighted by Crippen LogP contribution is 2.36. The zero-order chi connectivity index (χ0) is 19.5. The standard InChI is InChI=1S/C22H25FN2O3/c1-27-20-9-8-16(14-21(20)28-13-12-24-10-3-2-4-11-24)25-15-18-17(22(25)26)6-5-7-19(18)23/h5-9,14H,2-4,10-13,15H2,1H3. The smallest absolute Gasteiger partial charge is 0.259 e. The Hall–Kier alpha value is -2.60. The Bertz CT molecular complexity index is 865. The number of carbonyl (C=O) groups excluding carboxylic acids is 1. The van der Waals surface area contributed by atoms with Crippen LogP contribution < -0.4 is 14.4 Å². The number of hydrogen-bond acceptors (Lipinski definition) is 4. The maximum atomic E-state index is 14.1. The van der Waals surface area contributed by atoms with Crippen molar-refractivity contribution < 1.29 is 18.7 Å². The van der Waals surface area contributed by atoms with Gasteiger partial charge in [-0.2, -0.15) is 0 Å². The third kappa shape index (κ3) is 3.69. The molecule has 0 unspecified atom stereocenters. The summed E-state index contributed by atoms with van der Waals surface area (Å²) in [5, 5.41) is 0. The molecule has 0 saturated carbocycles. The monoisotopic (exact) mass is 384 g/mol. The Balaban J connectivity index is 1.49. The molecule has 4 rings (SSSR count). The van der Waals surface area contributed by atoms with Gasteiger partial charge in [0.25, 0.3) is 5.91 Å². The Morgan fingerprint density at radius 2 is 1.89 bits per heavy atom. The van der Waals surface area contributed by atoms with E-state index in [1.165, 1.54) is 25.3 Å². The molecule has 2 heterocycles. The van der Waals surface area contributed by atoms with Gasteiger partial charge in [0, 0.05) is 29.4 Å². The Morgan fingerprint density at radius 3 is 2.64 bits per heavy atom. The summed E-state index contributed by atoms with van der Waals surface area (Å²) in [5.74, 6) is 0.678. The van der Waals surface area contributed by atoms with E-state index in [0.717, 1.165) is 19.6 Å². The predicted octanol–water partition coefficient (Wildman–Crippen LogP) is 3.86. The largest absolute Gasteiger partial charge is 0.493 e. The lowest BCUT2D eigenvalue weighted by atomic mass is 10.1. The maximum Gasteiger partial charge on any atom is 0.259 e. The van der Waals surface area contributed by atoms with E-state index < -0.39 is 0 Å². The molecule has 0 aromatic heterocycles. The molecule has 0 atom stereocenters.